The monoisotopic (exact) mass is 360 g/mol. The SMILES string of the molecule is O=C(C=Cc1ccccc1Br)NC(CO)Cc1ccncc1. The average molecular weight is 361 g/mol. The number of hydrogen-bond donors (Lipinski definition) is 2. The predicted molar refractivity (Wildman–Crippen MR) is 90.1 cm³/mol. The second kappa shape index (κ2) is 8.46. The predicted octanol–water partition coefficient (Wildman–Crippen LogP) is 2.58. The van der Waals surface area contributed by atoms with Gasteiger partial charge < -0.3 is 10.4 Å². The minimum absolute atomic E-state index is 0.114. The second-order valence-electron chi connectivity index (χ2n) is 4.80. The molecule has 114 valence electrons. The number of benzene rings is 1. The molecule has 0 spiro atoms. The van der Waals surface area contributed by atoms with Gasteiger partial charge in [-0.05, 0) is 41.8 Å². The Labute approximate surface area is 138 Å². The molecule has 22 heavy (non-hydrogen) atoms. The third-order valence-corrected chi connectivity index (χ3v) is 3.84. The van der Waals surface area contributed by atoms with E-state index in [0.717, 1.165) is 15.6 Å². The number of aliphatic hydroxyl groups is 1. The van der Waals surface area contributed by atoms with E-state index in [1.165, 1.54) is 6.08 Å². The van der Waals surface area contributed by atoms with Crippen LogP contribution in [-0.2, 0) is 11.2 Å². The lowest BCUT2D eigenvalue weighted by Crippen LogP contribution is -2.38. The summed E-state index contributed by atoms with van der Waals surface area (Å²) < 4.78 is 0.926. The topological polar surface area (TPSA) is 62.2 Å². The summed E-state index contributed by atoms with van der Waals surface area (Å²) in [7, 11) is 0. The average Bonchev–Trinajstić information content (AvgIpc) is 2.54. The van der Waals surface area contributed by atoms with Crippen LogP contribution in [0.2, 0.25) is 0 Å². The maximum absolute atomic E-state index is 12.0. The first-order chi connectivity index (χ1) is 10.7. The van der Waals surface area contributed by atoms with Gasteiger partial charge in [0.2, 0.25) is 5.91 Å². The molecule has 0 bridgehead atoms. The van der Waals surface area contributed by atoms with Crippen LogP contribution in [-0.4, -0.2) is 28.6 Å². The minimum atomic E-state index is -0.321. The number of rotatable bonds is 6. The zero-order valence-corrected chi connectivity index (χ0v) is 13.5. The van der Waals surface area contributed by atoms with E-state index in [-0.39, 0.29) is 18.6 Å². The first-order valence-corrected chi connectivity index (χ1v) is 7.71. The van der Waals surface area contributed by atoms with Crippen molar-refractivity contribution in [3.8, 4) is 0 Å². The molecule has 1 atom stereocenters. The zero-order chi connectivity index (χ0) is 15.8. The number of hydrogen-bond acceptors (Lipinski definition) is 3. The number of carbonyl (C=O) groups excluding carboxylic acids is 1. The quantitative estimate of drug-likeness (QED) is 0.778. The first kappa shape index (κ1) is 16.4. The highest BCUT2D eigenvalue weighted by atomic mass is 79.9. The van der Waals surface area contributed by atoms with Crippen molar-refractivity contribution in [2.45, 2.75) is 12.5 Å². The molecule has 4 nitrogen and oxygen atoms in total. The molecule has 2 rings (SSSR count). The summed E-state index contributed by atoms with van der Waals surface area (Å²) in [5, 5.41) is 12.2. The largest absolute Gasteiger partial charge is 0.394 e. The fraction of sp³-hybridized carbons (Fsp3) is 0.176. The Bertz CT molecular complexity index is 644. The fourth-order valence-electron chi connectivity index (χ4n) is 1.99. The molecule has 0 aliphatic heterocycles. The Hall–Kier alpha value is -1.98. The number of aromatic nitrogens is 1. The van der Waals surface area contributed by atoms with E-state index in [1.54, 1.807) is 18.5 Å². The van der Waals surface area contributed by atoms with Gasteiger partial charge >= 0.3 is 0 Å². The van der Waals surface area contributed by atoms with Crippen LogP contribution < -0.4 is 5.32 Å². The first-order valence-electron chi connectivity index (χ1n) is 6.92. The zero-order valence-electron chi connectivity index (χ0n) is 11.9. The van der Waals surface area contributed by atoms with Gasteiger partial charge in [0.25, 0.3) is 0 Å². The van der Waals surface area contributed by atoms with Crippen LogP contribution in [0.3, 0.4) is 0 Å². The lowest BCUT2D eigenvalue weighted by atomic mass is 10.1. The van der Waals surface area contributed by atoms with E-state index in [2.05, 4.69) is 26.2 Å². The number of nitrogens with one attached hydrogen (secondary N) is 1. The molecule has 0 saturated carbocycles. The Morgan fingerprint density at radius 1 is 1.27 bits per heavy atom. The molecule has 0 fully saturated rings. The van der Waals surface area contributed by atoms with Crippen LogP contribution in [0.5, 0.6) is 0 Å². The van der Waals surface area contributed by atoms with E-state index in [9.17, 15) is 9.90 Å². The normalized spacial score (nSPS) is 12.3. The van der Waals surface area contributed by atoms with Crippen molar-refractivity contribution in [3.63, 3.8) is 0 Å². The summed E-state index contributed by atoms with van der Waals surface area (Å²) in [4.78, 5) is 15.9. The van der Waals surface area contributed by atoms with Crippen LogP contribution in [0.4, 0.5) is 0 Å². The molecule has 1 amide bonds. The van der Waals surface area contributed by atoms with Gasteiger partial charge in [-0.1, -0.05) is 34.1 Å². The van der Waals surface area contributed by atoms with Crippen molar-refractivity contribution in [2.75, 3.05) is 6.61 Å². The smallest absolute Gasteiger partial charge is 0.244 e. The van der Waals surface area contributed by atoms with Crippen LogP contribution in [0.1, 0.15) is 11.1 Å². The van der Waals surface area contributed by atoms with Gasteiger partial charge in [0.1, 0.15) is 0 Å². The highest BCUT2D eigenvalue weighted by Gasteiger charge is 2.10. The summed E-state index contributed by atoms with van der Waals surface area (Å²) in [6.07, 6.45) is 7.15. The highest BCUT2D eigenvalue weighted by molar-refractivity contribution is 9.10. The van der Waals surface area contributed by atoms with Crippen LogP contribution >= 0.6 is 15.9 Å². The molecule has 0 aliphatic carbocycles. The van der Waals surface area contributed by atoms with E-state index in [4.69, 9.17) is 0 Å². The van der Waals surface area contributed by atoms with Crippen molar-refractivity contribution in [2.24, 2.45) is 0 Å². The van der Waals surface area contributed by atoms with Gasteiger partial charge in [0.05, 0.1) is 12.6 Å². The Morgan fingerprint density at radius 3 is 2.68 bits per heavy atom. The van der Waals surface area contributed by atoms with E-state index in [0.29, 0.717) is 6.42 Å². The second-order valence-corrected chi connectivity index (χ2v) is 5.66. The summed E-state index contributed by atoms with van der Waals surface area (Å²) in [6, 6.07) is 11.1. The summed E-state index contributed by atoms with van der Waals surface area (Å²) in [5.41, 5.74) is 1.94. The molecule has 1 aromatic carbocycles. The van der Waals surface area contributed by atoms with Crippen molar-refractivity contribution in [3.05, 3.63) is 70.5 Å². The molecule has 1 heterocycles. The summed E-state index contributed by atoms with van der Waals surface area (Å²) >= 11 is 3.43. The Kier molecular flexibility index (Phi) is 6.30. The number of nitrogens with zero attached hydrogens (tertiary/aromatic N) is 1. The van der Waals surface area contributed by atoms with Gasteiger partial charge in [-0.3, -0.25) is 9.78 Å². The standard InChI is InChI=1S/C17H17BrN2O2/c18-16-4-2-1-3-14(16)5-6-17(22)20-15(12-21)11-13-7-9-19-10-8-13/h1-10,15,21H,11-12H2,(H,20,22). The summed E-state index contributed by atoms with van der Waals surface area (Å²) in [6.45, 7) is -0.114. The molecule has 0 radical (unpaired) electrons. The van der Waals surface area contributed by atoms with Gasteiger partial charge in [-0.15, -0.1) is 0 Å². The van der Waals surface area contributed by atoms with Crippen LogP contribution in [0.15, 0.2) is 59.3 Å². The van der Waals surface area contributed by atoms with Crippen molar-refractivity contribution in [1.29, 1.82) is 0 Å². The Morgan fingerprint density at radius 2 is 2.00 bits per heavy atom. The van der Waals surface area contributed by atoms with Gasteiger partial charge in [0.15, 0.2) is 0 Å². The van der Waals surface area contributed by atoms with Gasteiger partial charge in [-0.25, -0.2) is 0 Å². The number of carbonyl (C=O) groups is 1. The molecule has 5 heteroatoms. The molecule has 2 aromatic rings. The van der Waals surface area contributed by atoms with E-state index in [1.807, 2.05) is 36.4 Å². The summed E-state index contributed by atoms with van der Waals surface area (Å²) in [5.74, 6) is -0.233. The fourth-order valence-corrected chi connectivity index (χ4v) is 2.41. The van der Waals surface area contributed by atoms with Crippen molar-refractivity contribution >= 4 is 27.9 Å². The molecule has 1 aromatic heterocycles. The maximum atomic E-state index is 12.0. The molecular formula is C17H17BrN2O2. The van der Waals surface area contributed by atoms with Crippen molar-refractivity contribution < 1.29 is 9.90 Å². The number of aliphatic hydroxyl groups excluding tert-OH is 1. The minimum Gasteiger partial charge on any atom is -0.394 e. The molecule has 0 aliphatic rings. The van der Waals surface area contributed by atoms with Crippen LogP contribution in [0, 0.1) is 0 Å². The molecule has 1 unspecified atom stereocenters. The lowest BCUT2D eigenvalue weighted by Gasteiger charge is -2.15. The van der Waals surface area contributed by atoms with E-state index >= 15 is 0 Å². The number of halogens is 1. The highest BCUT2D eigenvalue weighted by Crippen LogP contribution is 2.16. The molecule has 2 N–H and O–H groups in total. The number of amides is 1. The number of pyridine rings is 1. The van der Waals surface area contributed by atoms with Crippen molar-refractivity contribution in [1.82, 2.24) is 10.3 Å². The van der Waals surface area contributed by atoms with Gasteiger partial charge in [-0.2, -0.15) is 0 Å². The van der Waals surface area contributed by atoms with Gasteiger partial charge in [0, 0.05) is 22.9 Å². The third kappa shape index (κ3) is 5.09. The lowest BCUT2D eigenvalue weighted by molar-refractivity contribution is -0.117. The molecular weight excluding hydrogens is 344 g/mol. The molecule has 0 saturated heterocycles. The maximum Gasteiger partial charge on any atom is 0.244 e. The van der Waals surface area contributed by atoms with Crippen LogP contribution in [0.25, 0.3) is 6.08 Å². The van der Waals surface area contributed by atoms with E-state index < -0.39 is 0 Å². The Balaban J connectivity index is 1.93. The third-order valence-electron chi connectivity index (χ3n) is 3.12.